The number of benzene rings is 3. The molecule has 0 unspecified atom stereocenters. The maximum Gasteiger partial charge on any atom is 0.350 e. The van der Waals surface area contributed by atoms with Crippen molar-refractivity contribution < 1.29 is 14.6 Å². The predicted octanol–water partition coefficient (Wildman–Crippen LogP) is 3.62. The first-order valence-corrected chi connectivity index (χ1v) is 10.7. The van der Waals surface area contributed by atoms with E-state index in [1.807, 2.05) is 91.0 Å². The zero-order chi connectivity index (χ0) is 23.1. The van der Waals surface area contributed by atoms with E-state index in [1.54, 1.807) is 12.3 Å². The number of rotatable bonds is 9. The van der Waals surface area contributed by atoms with Crippen LogP contribution in [-0.4, -0.2) is 34.5 Å². The molecule has 33 heavy (non-hydrogen) atoms. The van der Waals surface area contributed by atoms with Gasteiger partial charge in [-0.25, -0.2) is 4.79 Å². The highest BCUT2D eigenvalue weighted by Crippen LogP contribution is 2.40. The van der Waals surface area contributed by atoms with Crippen LogP contribution in [0.4, 0.5) is 0 Å². The predicted molar refractivity (Wildman–Crippen MR) is 126 cm³/mol. The summed E-state index contributed by atoms with van der Waals surface area (Å²) in [6, 6.07) is 31.4. The third-order valence-corrected chi connectivity index (χ3v) is 5.50. The molecule has 4 rings (SSSR count). The third kappa shape index (κ3) is 4.87. The van der Waals surface area contributed by atoms with Crippen molar-refractivity contribution in [2.75, 3.05) is 13.7 Å². The highest BCUT2D eigenvalue weighted by molar-refractivity contribution is 5.47. The zero-order valence-corrected chi connectivity index (χ0v) is 18.4. The van der Waals surface area contributed by atoms with E-state index in [-0.39, 0.29) is 19.0 Å². The molecule has 0 amide bonds. The van der Waals surface area contributed by atoms with Crippen molar-refractivity contribution in [2.45, 2.75) is 18.2 Å². The molecule has 4 aromatic rings. The molecule has 168 valence electrons. The highest BCUT2D eigenvalue weighted by atomic mass is 16.5. The second-order valence-electron chi connectivity index (χ2n) is 7.65. The van der Waals surface area contributed by atoms with Crippen LogP contribution in [-0.2, 0) is 16.9 Å². The monoisotopic (exact) mass is 442 g/mol. The van der Waals surface area contributed by atoms with Crippen LogP contribution in [0, 0.1) is 0 Å². The Morgan fingerprint density at radius 1 is 0.848 bits per heavy atom. The van der Waals surface area contributed by atoms with Crippen LogP contribution in [0.25, 0.3) is 0 Å². The third-order valence-electron chi connectivity index (χ3n) is 5.50. The summed E-state index contributed by atoms with van der Waals surface area (Å²) in [7, 11) is 1.45. The van der Waals surface area contributed by atoms with Crippen LogP contribution >= 0.6 is 0 Å². The van der Waals surface area contributed by atoms with Crippen molar-refractivity contribution in [1.29, 1.82) is 0 Å². The lowest BCUT2D eigenvalue weighted by atomic mass is 9.80. The SMILES string of the molecule is COc1ccn(C[C@H](O)COC(c2ccccc2)(c2ccccc2)c2ccccc2)c(=O)n1. The lowest BCUT2D eigenvalue weighted by Gasteiger charge is -2.36. The Bertz CT molecular complexity index is 1110. The van der Waals surface area contributed by atoms with Crippen LogP contribution in [0.5, 0.6) is 5.88 Å². The Labute approximate surface area is 192 Å². The lowest BCUT2D eigenvalue weighted by Crippen LogP contribution is -2.37. The Morgan fingerprint density at radius 2 is 1.33 bits per heavy atom. The van der Waals surface area contributed by atoms with Gasteiger partial charge < -0.3 is 14.6 Å². The zero-order valence-electron chi connectivity index (χ0n) is 18.4. The van der Waals surface area contributed by atoms with E-state index >= 15 is 0 Å². The minimum Gasteiger partial charge on any atom is -0.481 e. The summed E-state index contributed by atoms with van der Waals surface area (Å²) in [4.78, 5) is 16.0. The molecule has 0 aliphatic rings. The first kappa shape index (κ1) is 22.5. The van der Waals surface area contributed by atoms with Gasteiger partial charge in [0.15, 0.2) is 0 Å². The van der Waals surface area contributed by atoms with Crippen LogP contribution in [0.2, 0.25) is 0 Å². The average Bonchev–Trinajstić information content (AvgIpc) is 2.87. The molecule has 0 fully saturated rings. The fourth-order valence-corrected chi connectivity index (χ4v) is 3.94. The van der Waals surface area contributed by atoms with E-state index in [0.29, 0.717) is 0 Å². The summed E-state index contributed by atoms with van der Waals surface area (Å²) in [5.74, 6) is 0.234. The van der Waals surface area contributed by atoms with Gasteiger partial charge in [0.2, 0.25) is 5.88 Å². The topological polar surface area (TPSA) is 73.6 Å². The number of aliphatic hydroxyl groups is 1. The van der Waals surface area contributed by atoms with E-state index < -0.39 is 17.4 Å². The van der Waals surface area contributed by atoms with Gasteiger partial charge in [0.1, 0.15) is 5.60 Å². The van der Waals surface area contributed by atoms with Gasteiger partial charge >= 0.3 is 5.69 Å². The number of methoxy groups -OCH3 is 1. The summed E-state index contributed by atoms with van der Waals surface area (Å²) in [5.41, 5.74) is 1.40. The summed E-state index contributed by atoms with van der Waals surface area (Å²) < 4.78 is 12.9. The second-order valence-corrected chi connectivity index (χ2v) is 7.65. The normalized spacial score (nSPS) is 12.3. The Hall–Kier alpha value is -3.74. The molecule has 0 radical (unpaired) electrons. The van der Waals surface area contributed by atoms with Crippen molar-refractivity contribution in [3.8, 4) is 5.88 Å². The largest absolute Gasteiger partial charge is 0.481 e. The van der Waals surface area contributed by atoms with Crippen molar-refractivity contribution in [3.63, 3.8) is 0 Å². The van der Waals surface area contributed by atoms with Crippen molar-refractivity contribution in [2.24, 2.45) is 0 Å². The Balaban J connectivity index is 1.69. The van der Waals surface area contributed by atoms with Gasteiger partial charge in [-0.15, -0.1) is 0 Å². The van der Waals surface area contributed by atoms with Crippen molar-refractivity contribution >= 4 is 0 Å². The van der Waals surface area contributed by atoms with E-state index in [2.05, 4.69) is 4.98 Å². The molecule has 1 atom stereocenters. The molecule has 0 bridgehead atoms. The summed E-state index contributed by atoms with van der Waals surface area (Å²) in [5, 5.41) is 10.8. The molecule has 3 aromatic carbocycles. The van der Waals surface area contributed by atoms with E-state index in [9.17, 15) is 9.90 Å². The standard InChI is InChI=1S/C27H26N2O4/c1-32-25-17-18-29(26(31)28-25)19-24(30)20-33-27(21-11-5-2-6-12-21,22-13-7-3-8-14-22)23-15-9-4-10-16-23/h2-18,24,30H,19-20H2,1H3/t24-/m0/s1. The van der Waals surface area contributed by atoms with Gasteiger partial charge in [-0.05, 0) is 16.7 Å². The first-order valence-electron chi connectivity index (χ1n) is 10.7. The van der Waals surface area contributed by atoms with Crippen LogP contribution in [0.1, 0.15) is 16.7 Å². The maximum absolute atomic E-state index is 12.2. The number of aromatic nitrogens is 2. The summed E-state index contributed by atoms with van der Waals surface area (Å²) in [6.07, 6.45) is 0.615. The second kappa shape index (κ2) is 10.3. The highest BCUT2D eigenvalue weighted by Gasteiger charge is 2.38. The number of aliphatic hydroxyl groups excluding tert-OH is 1. The molecule has 0 aliphatic heterocycles. The fourth-order valence-electron chi connectivity index (χ4n) is 3.94. The summed E-state index contributed by atoms with van der Waals surface area (Å²) >= 11 is 0. The molecular weight excluding hydrogens is 416 g/mol. The fraction of sp³-hybridized carbons (Fsp3) is 0.185. The molecule has 1 heterocycles. The number of hydrogen-bond acceptors (Lipinski definition) is 5. The number of nitrogens with zero attached hydrogens (tertiary/aromatic N) is 2. The first-order chi connectivity index (χ1) is 16.1. The minimum atomic E-state index is -0.937. The van der Waals surface area contributed by atoms with Crippen molar-refractivity contribution in [3.05, 3.63) is 130 Å². The maximum atomic E-state index is 12.2. The van der Waals surface area contributed by atoms with E-state index in [1.165, 1.54) is 11.7 Å². The van der Waals surface area contributed by atoms with Crippen LogP contribution in [0.15, 0.2) is 108 Å². The van der Waals surface area contributed by atoms with Gasteiger partial charge in [-0.3, -0.25) is 4.57 Å². The molecular formula is C27H26N2O4. The Kier molecular flexibility index (Phi) is 6.98. The minimum absolute atomic E-state index is 0.00283. The lowest BCUT2D eigenvalue weighted by molar-refractivity contribution is -0.0426. The molecule has 1 aromatic heterocycles. The van der Waals surface area contributed by atoms with Crippen LogP contribution < -0.4 is 10.4 Å². The average molecular weight is 443 g/mol. The van der Waals surface area contributed by atoms with Gasteiger partial charge in [0.05, 0.1) is 26.4 Å². The van der Waals surface area contributed by atoms with Gasteiger partial charge in [-0.2, -0.15) is 4.98 Å². The molecule has 0 spiro atoms. The summed E-state index contributed by atoms with van der Waals surface area (Å²) in [6.45, 7) is 0.0431. The smallest absolute Gasteiger partial charge is 0.350 e. The van der Waals surface area contributed by atoms with Crippen molar-refractivity contribution in [1.82, 2.24) is 9.55 Å². The Morgan fingerprint density at radius 3 is 1.76 bits per heavy atom. The molecule has 6 nitrogen and oxygen atoms in total. The molecule has 0 saturated carbocycles. The number of hydrogen-bond donors (Lipinski definition) is 1. The molecule has 0 saturated heterocycles. The van der Waals surface area contributed by atoms with Gasteiger partial charge in [0.25, 0.3) is 0 Å². The quantitative estimate of drug-likeness (QED) is 0.401. The van der Waals surface area contributed by atoms with E-state index in [0.717, 1.165) is 16.7 Å². The molecule has 0 aliphatic carbocycles. The molecule has 1 N–H and O–H groups in total. The van der Waals surface area contributed by atoms with E-state index in [4.69, 9.17) is 9.47 Å². The van der Waals surface area contributed by atoms with Gasteiger partial charge in [0, 0.05) is 12.3 Å². The van der Waals surface area contributed by atoms with Crippen LogP contribution in [0.3, 0.4) is 0 Å². The molecule has 6 heteroatoms. The number of ether oxygens (including phenoxy) is 2. The van der Waals surface area contributed by atoms with Gasteiger partial charge in [-0.1, -0.05) is 91.0 Å².